The molecule has 76 valence electrons. The van der Waals surface area contributed by atoms with Gasteiger partial charge in [-0.05, 0) is 12.2 Å². The smallest absolute Gasteiger partial charge is 0.308 e. The molecule has 0 amide bonds. The van der Waals surface area contributed by atoms with E-state index < -0.39 is 11.9 Å². The molecule has 0 atom stereocenters. The first kappa shape index (κ1) is 12.1. The maximum Gasteiger partial charge on any atom is 0.308 e. The molecule has 0 bridgehead atoms. The fourth-order valence-corrected chi connectivity index (χ4v) is 0.533. The van der Waals surface area contributed by atoms with Crippen molar-refractivity contribution in [1.29, 1.82) is 0 Å². The van der Waals surface area contributed by atoms with Crippen molar-refractivity contribution >= 4 is 18.2 Å². The molecule has 5 heteroatoms. The van der Waals surface area contributed by atoms with Gasteiger partial charge in [0, 0.05) is 13.8 Å². The Morgan fingerprint density at radius 2 is 1.79 bits per heavy atom. The first-order chi connectivity index (χ1) is 6.56. The van der Waals surface area contributed by atoms with Gasteiger partial charge in [-0.15, -0.1) is 0 Å². The Labute approximate surface area is 81.0 Å². The van der Waals surface area contributed by atoms with Gasteiger partial charge >= 0.3 is 11.9 Å². The lowest BCUT2D eigenvalue weighted by molar-refractivity contribution is -0.138. The van der Waals surface area contributed by atoms with E-state index in [1.807, 2.05) is 0 Å². The van der Waals surface area contributed by atoms with Crippen LogP contribution in [0.25, 0.3) is 0 Å². The van der Waals surface area contributed by atoms with E-state index in [1.54, 1.807) is 0 Å². The van der Waals surface area contributed by atoms with Crippen molar-refractivity contribution in [3.05, 3.63) is 24.2 Å². The second kappa shape index (κ2) is 6.59. The molecular weight excluding hydrogens is 188 g/mol. The molecule has 0 rings (SSSR count). The van der Waals surface area contributed by atoms with Gasteiger partial charge in [0.1, 0.15) is 0 Å². The van der Waals surface area contributed by atoms with Gasteiger partial charge in [-0.3, -0.25) is 14.4 Å². The highest BCUT2D eigenvalue weighted by Crippen LogP contribution is 1.94. The minimum absolute atomic E-state index is 0.152. The molecule has 5 nitrogen and oxygen atoms in total. The van der Waals surface area contributed by atoms with E-state index in [-0.39, 0.29) is 5.76 Å². The van der Waals surface area contributed by atoms with Crippen LogP contribution in [-0.2, 0) is 23.9 Å². The molecule has 0 saturated carbocycles. The number of carbonyl (C=O) groups is 3. The van der Waals surface area contributed by atoms with Crippen LogP contribution in [0.15, 0.2) is 24.2 Å². The number of hydrogen-bond acceptors (Lipinski definition) is 5. The van der Waals surface area contributed by atoms with Crippen molar-refractivity contribution in [2.45, 2.75) is 13.8 Å². The summed E-state index contributed by atoms with van der Waals surface area (Å²) >= 11 is 0. The zero-order valence-corrected chi connectivity index (χ0v) is 7.85. The molecule has 0 aliphatic carbocycles. The van der Waals surface area contributed by atoms with Gasteiger partial charge < -0.3 is 9.47 Å². The lowest BCUT2D eigenvalue weighted by atomic mass is 10.4. The zero-order valence-electron chi connectivity index (χ0n) is 7.85. The maximum atomic E-state index is 10.4. The van der Waals surface area contributed by atoms with Gasteiger partial charge in [0.2, 0.25) is 0 Å². The van der Waals surface area contributed by atoms with E-state index >= 15 is 0 Å². The van der Waals surface area contributed by atoms with Crippen LogP contribution in [0.3, 0.4) is 0 Å². The van der Waals surface area contributed by atoms with E-state index in [4.69, 9.17) is 0 Å². The van der Waals surface area contributed by atoms with Crippen LogP contribution >= 0.6 is 0 Å². The van der Waals surface area contributed by atoms with Crippen LogP contribution in [0, 0.1) is 0 Å². The van der Waals surface area contributed by atoms with Crippen molar-refractivity contribution in [2.24, 2.45) is 0 Å². The molecule has 0 N–H and O–H groups in total. The van der Waals surface area contributed by atoms with Crippen LogP contribution in [-0.4, -0.2) is 18.2 Å². The largest absolute Gasteiger partial charge is 0.435 e. The monoisotopic (exact) mass is 198 g/mol. The minimum Gasteiger partial charge on any atom is -0.435 e. The highest BCUT2D eigenvalue weighted by Gasteiger charge is 1.97. The van der Waals surface area contributed by atoms with Crippen LogP contribution in [0.4, 0.5) is 0 Å². The van der Waals surface area contributed by atoms with Crippen LogP contribution in [0.1, 0.15) is 13.8 Å². The van der Waals surface area contributed by atoms with Crippen molar-refractivity contribution in [2.75, 3.05) is 0 Å². The summed E-state index contributed by atoms with van der Waals surface area (Å²) in [5.41, 5.74) is 0. The Morgan fingerprint density at radius 1 is 1.14 bits per heavy atom. The zero-order chi connectivity index (χ0) is 11.0. The van der Waals surface area contributed by atoms with Crippen molar-refractivity contribution in [1.82, 2.24) is 0 Å². The molecule has 0 aliphatic rings. The number of hydrogen-bond donors (Lipinski definition) is 0. The SMILES string of the molecule is CC(=O)OC=CC=C(C=O)OC(C)=O. The first-order valence-electron chi connectivity index (χ1n) is 3.74. The average Bonchev–Trinajstić information content (AvgIpc) is 2.09. The molecule has 0 aromatic carbocycles. The van der Waals surface area contributed by atoms with Gasteiger partial charge in [0.05, 0.1) is 6.26 Å². The predicted octanol–water partition coefficient (Wildman–Crippen LogP) is 0.709. The lowest BCUT2D eigenvalue weighted by Gasteiger charge is -1.96. The van der Waals surface area contributed by atoms with Gasteiger partial charge in [-0.2, -0.15) is 0 Å². The number of allylic oxidation sites excluding steroid dienone is 3. The topological polar surface area (TPSA) is 69.7 Å². The third kappa shape index (κ3) is 6.78. The van der Waals surface area contributed by atoms with Crippen LogP contribution < -0.4 is 0 Å². The summed E-state index contributed by atoms with van der Waals surface area (Å²) in [5, 5.41) is 0. The Bertz CT molecular complexity index is 288. The number of ether oxygens (including phenoxy) is 2. The van der Waals surface area contributed by atoms with E-state index in [2.05, 4.69) is 9.47 Å². The minimum atomic E-state index is -0.593. The number of esters is 2. The second-order valence-corrected chi connectivity index (χ2v) is 2.22. The quantitative estimate of drug-likeness (QED) is 0.219. The first-order valence-corrected chi connectivity index (χ1v) is 3.74. The summed E-state index contributed by atoms with van der Waals surface area (Å²) in [7, 11) is 0. The Hall–Kier alpha value is -1.91. The third-order valence-corrected chi connectivity index (χ3v) is 0.951. The number of rotatable bonds is 4. The van der Waals surface area contributed by atoms with Gasteiger partial charge in [0.15, 0.2) is 12.0 Å². The van der Waals surface area contributed by atoms with E-state index in [9.17, 15) is 14.4 Å². The van der Waals surface area contributed by atoms with Crippen LogP contribution in [0.2, 0.25) is 0 Å². The molecule has 0 saturated heterocycles. The Morgan fingerprint density at radius 3 is 2.21 bits per heavy atom. The van der Waals surface area contributed by atoms with Crippen LogP contribution in [0.5, 0.6) is 0 Å². The molecule has 0 unspecified atom stereocenters. The molecular formula is C9H10O5. The fraction of sp³-hybridized carbons (Fsp3) is 0.222. The highest BCUT2D eigenvalue weighted by molar-refractivity contribution is 5.78. The summed E-state index contributed by atoms with van der Waals surface area (Å²) in [5.74, 6) is -1.22. The molecule has 0 spiro atoms. The molecule has 14 heavy (non-hydrogen) atoms. The van der Waals surface area contributed by atoms with Gasteiger partial charge in [-0.25, -0.2) is 0 Å². The predicted molar refractivity (Wildman–Crippen MR) is 46.8 cm³/mol. The second-order valence-electron chi connectivity index (χ2n) is 2.22. The fourth-order valence-electron chi connectivity index (χ4n) is 0.533. The number of carbonyl (C=O) groups excluding carboxylic acids is 3. The Balaban J connectivity index is 4.17. The lowest BCUT2D eigenvalue weighted by Crippen LogP contribution is -1.99. The number of aldehydes is 1. The molecule has 0 fully saturated rings. The molecule has 0 heterocycles. The maximum absolute atomic E-state index is 10.4. The standard InChI is InChI=1S/C9H10O5/c1-7(11)13-5-3-4-9(6-10)14-8(2)12/h3-6H,1-2H3. The average molecular weight is 198 g/mol. The van der Waals surface area contributed by atoms with Gasteiger partial charge in [0.25, 0.3) is 0 Å². The molecule has 0 aliphatic heterocycles. The molecule has 0 aromatic rings. The summed E-state index contributed by atoms with van der Waals surface area (Å²) in [6, 6.07) is 0. The summed E-state index contributed by atoms with van der Waals surface area (Å²) in [4.78, 5) is 31.0. The highest BCUT2D eigenvalue weighted by atomic mass is 16.5. The summed E-state index contributed by atoms with van der Waals surface area (Å²) in [6.45, 7) is 2.41. The Kier molecular flexibility index (Phi) is 5.69. The van der Waals surface area contributed by atoms with E-state index in [1.165, 1.54) is 26.0 Å². The van der Waals surface area contributed by atoms with Gasteiger partial charge in [-0.1, -0.05) is 0 Å². The molecule has 0 aromatic heterocycles. The normalized spacial score (nSPS) is 11.1. The molecule has 0 radical (unpaired) electrons. The third-order valence-electron chi connectivity index (χ3n) is 0.951. The van der Waals surface area contributed by atoms with E-state index in [0.29, 0.717) is 6.29 Å². The van der Waals surface area contributed by atoms with E-state index in [0.717, 1.165) is 6.26 Å². The summed E-state index contributed by atoms with van der Waals surface area (Å²) < 4.78 is 8.89. The van der Waals surface area contributed by atoms with Crippen molar-refractivity contribution in [3.8, 4) is 0 Å². The van der Waals surface area contributed by atoms with Crippen molar-refractivity contribution < 1.29 is 23.9 Å². The van der Waals surface area contributed by atoms with Crippen molar-refractivity contribution in [3.63, 3.8) is 0 Å². The summed E-state index contributed by atoms with van der Waals surface area (Å²) in [6.07, 6.45) is 3.93.